The Labute approximate surface area is 160 Å². The van der Waals surface area contributed by atoms with E-state index in [9.17, 15) is 14.9 Å². The van der Waals surface area contributed by atoms with Crippen molar-refractivity contribution in [1.82, 2.24) is 29.5 Å². The van der Waals surface area contributed by atoms with Crippen LogP contribution in [0.2, 0.25) is 0 Å². The van der Waals surface area contributed by atoms with Crippen LogP contribution in [-0.2, 0) is 11.3 Å². The molecule has 0 spiro atoms. The number of hydrogen-bond donors (Lipinski definition) is 1. The normalized spacial score (nSPS) is 10.9. The van der Waals surface area contributed by atoms with Crippen LogP contribution in [0.5, 0.6) is 0 Å². The van der Waals surface area contributed by atoms with E-state index in [1.54, 1.807) is 19.9 Å². The monoisotopic (exact) mass is 384 g/mol. The highest BCUT2D eigenvalue weighted by atomic mass is 16.6. The SMILES string of the molecule is Cc1cc(C)nc(-n2nc(C)cc2NC(=O)Cn2nc(C)c([N+](=O)[O-])c2C)n1. The van der Waals surface area contributed by atoms with E-state index >= 15 is 0 Å². The van der Waals surface area contributed by atoms with Crippen LogP contribution < -0.4 is 5.32 Å². The second-order valence-electron chi connectivity index (χ2n) is 6.52. The quantitative estimate of drug-likeness (QED) is 0.525. The lowest BCUT2D eigenvalue weighted by molar-refractivity contribution is -0.386. The molecule has 0 aliphatic rings. The number of nitrogens with zero attached hydrogens (tertiary/aromatic N) is 7. The summed E-state index contributed by atoms with van der Waals surface area (Å²) in [6.45, 7) is 8.42. The van der Waals surface area contributed by atoms with Crippen LogP contribution in [0.25, 0.3) is 5.95 Å². The van der Waals surface area contributed by atoms with Crippen LogP contribution in [0.3, 0.4) is 0 Å². The van der Waals surface area contributed by atoms with Crippen molar-refractivity contribution in [3.8, 4) is 5.95 Å². The third-order valence-corrected chi connectivity index (χ3v) is 4.08. The van der Waals surface area contributed by atoms with Crippen molar-refractivity contribution < 1.29 is 9.72 Å². The lowest BCUT2D eigenvalue weighted by Crippen LogP contribution is -2.22. The number of nitrogens with one attached hydrogen (secondary N) is 1. The molecule has 1 N–H and O–H groups in total. The minimum Gasteiger partial charge on any atom is -0.309 e. The summed E-state index contributed by atoms with van der Waals surface area (Å²) in [5, 5.41) is 22.3. The van der Waals surface area contributed by atoms with Crippen molar-refractivity contribution in [3.63, 3.8) is 0 Å². The van der Waals surface area contributed by atoms with Gasteiger partial charge in [-0.1, -0.05) is 0 Å². The van der Waals surface area contributed by atoms with Gasteiger partial charge in [0.25, 0.3) is 5.95 Å². The maximum Gasteiger partial charge on any atom is 0.312 e. The van der Waals surface area contributed by atoms with Crippen LogP contribution in [0.4, 0.5) is 11.5 Å². The average Bonchev–Trinajstić information content (AvgIpc) is 3.05. The van der Waals surface area contributed by atoms with E-state index in [0.717, 1.165) is 11.4 Å². The summed E-state index contributed by atoms with van der Waals surface area (Å²) < 4.78 is 2.76. The molecule has 3 heterocycles. The van der Waals surface area contributed by atoms with Gasteiger partial charge in [0, 0.05) is 17.5 Å². The lowest BCUT2D eigenvalue weighted by atomic mass is 10.3. The molecule has 0 fully saturated rings. The van der Waals surface area contributed by atoms with Crippen molar-refractivity contribution in [1.29, 1.82) is 0 Å². The third-order valence-electron chi connectivity index (χ3n) is 4.08. The molecule has 11 heteroatoms. The average molecular weight is 384 g/mol. The Morgan fingerprint density at radius 2 is 1.71 bits per heavy atom. The third kappa shape index (κ3) is 3.72. The van der Waals surface area contributed by atoms with Crippen molar-refractivity contribution >= 4 is 17.4 Å². The zero-order valence-corrected chi connectivity index (χ0v) is 16.2. The van der Waals surface area contributed by atoms with E-state index in [-0.39, 0.29) is 17.9 Å². The molecule has 3 rings (SSSR count). The van der Waals surface area contributed by atoms with Crippen molar-refractivity contribution in [3.05, 3.63) is 50.7 Å². The first-order valence-corrected chi connectivity index (χ1v) is 8.53. The van der Waals surface area contributed by atoms with Gasteiger partial charge in [-0.2, -0.15) is 14.9 Å². The molecule has 0 bridgehead atoms. The summed E-state index contributed by atoms with van der Waals surface area (Å²) in [6, 6.07) is 3.54. The number of rotatable bonds is 5. The molecule has 3 aromatic rings. The van der Waals surface area contributed by atoms with Crippen LogP contribution in [0.1, 0.15) is 28.5 Å². The van der Waals surface area contributed by atoms with Crippen LogP contribution in [-0.4, -0.2) is 40.4 Å². The van der Waals surface area contributed by atoms with Gasteiger partial charge in [-0.15, -0.1) is 0 Å². The van der Waals surface area contributed by atoms with E-state index in [1.807, 2.05) is 19.9 Å². The zero-order valence-electron chi connectivity index (χ0n) is 16.2. The molecule has 3 aromatic heterocycles. The first-order chi connectivity index (χ1) is 13.2. The number of carbonyl (C=O) groups excluding carboxylic acids is 1. The van der Waals surface area contributed by atoms with Crippen LogP contribution in [0, 0.1) is 44.7 Å². The molecule has 0 atom stereocenters. The molecule has 0 aliphatic heterocycles. The lowest BCUT2D eigenvalue weighted by Gasteiger charge is -2.09. The Balaban J connectivity index is 1.86. The van der Waals surface area contributed by atoms with Crippen LogP contribution in [0.15, 0.2) is 12.1 Å². The minimum atomic E-state index is -0.498. The first kappa shape index (κ1) is 19.1. The molecule has 146 valence electrons. The molecule has 0 unspecified atom stereocenters. The molecule has 0 aliphatic carbocycles. The Bertz CT molecular complexity index is 1060. The molecule has 0 aromatic carbocycles. The second kappa shape index (κ2) is 7.18. The molecule has 0 radical (unpaired) electrons. The Hall–Kier alpha value is -3.63. The number of carbonyl (C=O) groups is 1. The number of anilines is 1. The van der Waals surface area contributed by atoms with Gasteiger partial charge in [-0.25, -0.2) is 9.97 Å². The first-order valence-electron chi connectivity index (χ1n) is 8.53. The van der Waals surface area contributed by atoms with Crippen molar-refractivity contribution in [2.45, 2.75) is 41.2 Å². The van der Waals surface area contributed by atoms with Crippen LogP contribution >= 0.6 is 0 Å². The number of aryl methyl sites for hydroxylation is 4. The molecule has 28 heavy (non-hydrogen) atoms. The van der Waals surface area contributed by atoms with E-state index in [2.05, 4.69) is 25.5 Å². The second-order valence-corrected chi connectivity index (χ2v) is 6.52. The molecule has 1 amide bonds. The van der Waals surface area contributed by atoms with Gasteiger partial charge in [-0.3, -0.25) is 19.6 Å². The summed E-state index contributed by atoms with van der Waals surface area (Å²) in [4.78, 5) is 31.9. The summed E-state index contributed by atoms with van der Waals surface area (Å²) in [7, 11) is 0. The molecule has 11 nitrogen and oxygen atoms in total. The number of hydrogen-bond acceptors (Lipinski definition) is 7. The zero-order chi connectivity index (χ0) is 20.6. The molecular weight excluding hydrogens is 364 g/mol. The fourth-order valence-corrected chi connectivity index (χ4v) is 2.97. The van der Waals surface area contributed by atoms with Gasteiger partial charge in [0.1, 0.15) is 23.8 Å². The van der Waals surface area contributed by atoms with Gasteiger partial charge in [0.2, 0.25) is 5.91 Å². The van der Waals surface area contributed by atoms with Crippen molar-refractivity contribution in [2.75, 3.05) is 5.32 Å². The minimum absolute atomic E-state index is 0.0858. The Morgan fingerprint density at radius 1 is 1.07 bits per heavy atom. The number of aromatic nitrogens is 6. The molecule has 0 saturated carbocycles. The largest absolute Gasteiger partial charge is 0.312 e. The summed E-state index contributed by atoms with van der Waals surface area (Å²) >= 11 is 0. The van der Waals surface area contributed by atoms with Gasteiger partial charge >= 0.3 is 5.69 Å². The highest BCUT2D eigenvalue weighted by Crippen LogP contribution is 2.22. The fourth-order valence-electron chi connectivity index (χ4n) is 2.97. The molecular formula is C17H20N8O3. The van der Waals surface area contributed by atoms with E-state index in [1.165, 1.54) is 16.3 Å². The maximum atomic E-state index is 12.5. The highest BCUT2D eigenvalue weighted by molar-refractivity contribution is 5.90. The summed E-state index contributed by atoms with van der Waals surface area (Å²) in [5.74, 6) is 0.359. The number of amides is 1. The summed E-state index contributed by atoms with van der Waals surface area (Å²) in [5.41, 5.74) is 2.74. The highest BCUT2D eigenvalue weighted by Gasteiger charge is 2.23. The van der Waals surface area contributed by atoms with Gasteiger partial charge < -0.3 is 5.32 Å². The smallest absolute Gasteiger partial charge is 0.309 e. The Morgan fingerprint density at radius 3 is 2.29 bits per heavy atom. The Kier molecular flexibility index (Phi) is 4.91. The van der Waals surface area contributed by atoms with Gasteiger partial charge in [-0.05, 0) is 40.7 Å². The number of nitro groups is 1. The summed E-state index contributed by atoms with van der Waals surface area (Å²) in [6.07, 6.45) is 0. The maximum absolute atomic E-state index is 12.5. The van der Waals surface area contributed by atoms with Gasteiger partial charge in [0.05, 0.1) is 10.6 Å². The molecule has 0 saturated heterocycles. The standard InChI is InChI=1S/C17H20N8O3/c1-9-6-10(2)19-17(18-9)24-14(7-11(3)21-24)20-15(26)8-23-13(5)16(25(27)28)12(4)22-23/h6-7H,8H2,1-5H3,(H,20,26). The fraction of sp³-hybridized carbons (Fsp3) is 0.353. The van der Waals surface area contributed by atoms with Crippen molar-refractivity contribution in [2.24, 2.45) is 0 Å². The van der Waals surface area contributed by atoms with E-state index < -0.39 is 10.8 Å². The predicted octanol–water partition coefficient (Wildman–Crippen LogP) is 1.95. The van der Waals surface area contributed by atoms with E-state index in [0.29, 0.717) is 23.2 Å². The predicted molar refractivity (Wildman–Crippen MR) is 100 cm³/mol. The van der Waals surface area contributed by atoms with E-state index in [4.69, 9.17) is 0 Å². The van der Waals surface area contributed by atoms with Gasteiger partial charge in [0.15, 0.2) is 0 Å². The topological polar surface area (TPSA) is 134 Å².